The number of methoxy groups -OCH3 is 1. The number of hydrogen-bond donors (Lipinski definition) is 1. The van der Waals surface area contributed by atoms with Crippen LogP contribution in [0.15, 0.2) is 47.4 Å². The summed E-state index contributed by atoms with van der Waals surface area (Å²) in [6.45, 7) is 4.97. The van der Waals surface area contributed by atoms with Gasteiger partial charge < -0.3 is 9.47 Å². The van der Waals surface area contributed by atoms with Gasteiger partial charge in [-0.1, -0.05) is 38.0 Å². The Labute approximate surface area is 169 Å². The van der Waals surface area contributed by atoms with E-state index in [-0.39, 0.29) is 0 Å². The number of unbranched alkanes of at least 4 members (excludes halogenated alkanes) is 2. The lowest BCUT2D eigenvalue weighted by Crippen LogP contribution is -2.26. The number of aryl methyl sites for hydroxylation is 1. The lowest BCUT2D eigenvalue weighted by Gasteiger charge is -2.11. The molecule has 0 unspecified atom stereocenters. The van der Waals surface area contributed by atoms with Gasteiger partial charge in [0.2, 0.25) is 10.0 Å². The summed E-state index contributed by atoms with van der Waals surface area (Å²) in [6.07, 6.45) is 5.05. The fraction of sp³-hybridized carbons (Fsp3) is 0.455. The molecule has 2 aromatic rings. The minimum absolute atomic E-state index is 0.302. The Morgan fingerprint density at radius 3 is 2.25 bits per heavy atom. The molecule has 0 aliphatic rings. The van der Waals surface area contributed by atoms with Gasteiger partial charge in [0.25, 0.3) is 0 Å². The molecule has 6 heteroatoms. The van der Waals surface area contributed by atoms with E-state index in [1.54, 1.807) is 19.2 Å². The van der Waals surface area contributed by atoms with E-state index in [0.29, 0.717) is 36.0 Å². The maximum Gasteiger partial charge on any atom is 0.240 e. The molecule has 0 heterocycles. The van der Waals surface area contributed by atoms with E-state index in [4.69, 9.17) is 9.47 Å². The third kappa shape index (κ3) is 6.53. The van der Waals surface area contributed by atoms with E-state index in [1.165, 1.54) is 18.4 Å². The van der Waals surface area contributed by atoms with Crippen molar-refractivity contribution in [2.45, 2.75) is 50.8 Å². The van der Waals surface area contributed by atoms with Crippen LogP contribution in [0.1, 0.15) is 44.2 Å². The Morgan fingerprint density at radius 2 is 1.61 bits per heavy atom. The first-order chi connectivity index (χ1) is 13.5. The Kier molecular flexibility index (Phi) is 8.80. The van der Waals surface area contributed by atoms with Gasteiger partial charge in [-0.15, -0.1) is 0 Å². The summed E-state index contributed by atoms with van der Waals surface area (Å²) in [5.41, 5.74) is 2.16. The SMILES string of the molecule is CCCCCc1ccc(S(=O)(=O)NCCc2ccc(OCC)c(OC)c2)cc1. The second-order valence-corrected chi connectivity index (χ2v) is 8.43. The normalized spacial score (nSPS) is 11.4. The van der Waals surface area contributed by atoms with Crippen molar-refractivity contribution >= 4 is 10.0 Å². The van der Waals surface area contributed by atoms with E-state index >= 15 is 0 Å². The molecule has 2 rings (SSSR count). The summed E-state index contributed by atoms with van der Waals surface area (Å²) in [5.74, 6) is 1.34. The quantitative estimate of drug-likeness (QED) is 0.533. The topological polar surface area (TPSA) is 64.6 Å². The number of sulfonamides is 1. The van der Waals surface area contributed by atoms with E-state index in [2.05, 4.69) is 11.6 Å². The fourth-order valence-corrected chi connectivity index (χ4v) is 4.00. The van der Waals surface area contributed by atoms with E-state index < -0.39 is 10.0 Å². The van der Waals surface area contributed by atoms with Crippen LogP contribution < -0.4 is 14.2 Å². The number of nitrogens with one attached hydrogen (secondary N) is 1. The molecule has 0 radical (unpaired) electrons. The van der Waals surface area contributed by atoms with Crippen LogP contribution in [0.4, 0.5) is 0 Å². The van der Waals surface area contributed by atoms with Crippen LogP contribution in [0.3, 0.4) is 0 Å². The highest BCUT2D eigenvalue weighted by Crippen LogP contribution is 2.28. The van der Waals surface area contributed by atoms with Crippen LogP contribution >= 0.6 is 0 Å². The predicted octanol–water partition coefficient (Wildman–Crippen LogP) is 4.35. The van der Waals surface area contributed by atoms with E-state index in [0.717, 1.165) is 18.4 Å². The van der Waals surface area contributed by atoms with E-state index in [9.17, 15) is 8.42 Å². The second-order valence-electron chi connectivity index (χ2n) is 6.67. The highest BCUT2D eigenvalue weighted by molar-refractivity contribution is 7.89. The van der Waals surface area contributed by atoms with Crippen molar-refractivity contribution < 1.29 is 17.9 Å². The molecule has 0 aromatic heterocycles. The van der Waals surface area contributed by atoms with Crippen molar-refractivity contribution in [3.8, 4) is 11.5 Å². The maximum absolute atomic E-state index is 12.5. The van der Waals surface area contributed by atoms with Crippen molar-refractivity contribution in [2.75, 3.05) is 20.3 Å². The zero-order valence-corrected chi connectivity index (χ0v) is 17.8. The zero-order chi connectivity index (χ0) is 20.4. The predicted molar refractivity (Wildman–Crippen MR) is 113 cm³/mol. The third-order valence-electron chi connectivity index (χ3n) is 4.54. The van der Waals surface area contributed by atoms with Crippen molar-refractivity contribution in [3.05, 3.63) is 53.6 Å². The Morgan fingerprint density at radius 1 is 0.893 bits per heavy atom. The second kappa shape index (κ2) is 11.1. The largest absolute Gasteiger partial charge is 0.493 e. The lowest BCUT2D eigenvalue weighted by molar-refractivity contribution is 0.310. The van der Waals surface area contributed by atoms with Crippen LogP contribution in [0.2, 0.25) is 0 Å². The standard InChI is InChI=1S/C22H31NO4S/c1-4-6-7-8-18-9-12-20(13-10-18)28(24,25)23-16-15-19-11-14-21(27-5-2)22(17-19)26-3/h9-14,17,23H,4-8,15-16H2,1-3H3. The third-order valence-corrected chi connectivity index (χ3v) is 6.01. The highest BCUT2D eigenvalue weighted by atomic mass is 32.2. The van der Waals surface area contributed by atoms with Gasteiger partial charge in [0.15, 0.2) is 11.5 Å². The molecule has 1 N–H and O–H groups in total. The zero-order valence-electron chi connectivity index (χ0n) is 17.0. The van der Waals surface area contributed by atoms with Gasteiger partial charge in [0.1, 0.15) is 0 Å². The molecule has 0 aliphatic carbocycles. The minimum atomic E-state index is -3.51. The summed E-state index contributed by atoms with van der Waals surface area (Å²) in [6, 6.07) is 12.8. The van der Waals surface area contributed by atoms with Gasteiger partial charge in [-0.05, 0) is 61.6 Å². The molecule has 154 valence electrons. The van der Waals surface area contributed by atoms with Crippen LogP contribution in [0.25, 0.3) is 0 Å². The summed E-state index contributed by atoms with van der Waals surface area (Å²) in [4.78, 5) is 0.302. The molecule has 2 aromatic carbocycles. The maximum atomic E-state index is 12.5. The number of hydrogen-bond acceptors (Lipinski definition) is 4. The molecule has 28 heavy (non-hydrogen) atoms. The fourth-order valence-electron chi connectivity index (χ4n) is 2.97. The summed E-state index contributed by atoms with van der Waals surface area (Å²) < 4.78 is 38.5. The number of rotatable bonds is 12. The summed E-state index contributed by atoms with van der Waals surface area (Å²) in [7, 11) is -1.92. The van der Waals surface area contributed by atoms with E-state index in [1.807, 2.05) is 37.3 Å². The van der Waals surface area contributed by atoms with Gasteiger partial charge in [-0.2, -0.15) is 0 Å². The molecule has 0 bridgehead atoms. The van der Waals surface area contributed by atoms with Gasteiger partial charge in [0, 0.05) is 6.54 Å². The summed E-state index contributed by atoms with van der Waals surface area (Å²) >= 11 is 0. The molecule has 0 fully saturated rings. The van der Waals surface area contributed by atoms with Gasteiger partial charge >= 0.3 is 0 Å². The van der Waals surface area contributed by atoms with Crippen LogP contribution in [-0.4, -0.2) is 28.7 Å². The van der Waals surface area contributed by atoms with Crippen molar-refractivity contribution in [2.24, 2.45) is 0 Å². The Hall–Kier alpha value is -2.05. The number of ether oxygens (including phenoxy) is 2. The average Bonchev–Trinajstić information content (AvgIpc) is 2.69. The Balaban J connectivity index is 1.92. The van der Waals surface area contributed by atoms with Crippen molar-refractivity contribution in [1.82, 2.24) is 4.72 Å². The van der Waals surface area contributed by atoms with Crippen LogP contribution in [0, 0.1) is 0 Å². The first-order valence-corrected chi connectivity index (χ1v) is 11.4. The molecule has 0 atom stereocenters. The summed E-state index contributed by atoms with van der Waals surface area (Å²) in [5, 5.41) is 0. The first-order valence-electron chi connectivity index (χ1n) is 9.88. The molecular weight excluding hydrogens is 374 g/mol. The van der Waals surface area contributed by atoms with Gasteiger partial charge in [0.05, 0.1) is 18.6 Å². The van der Waals surface area contributed by atoms with Crippen molar-refractivity contribution in [1.29, 1.82) is 0 Å². The smallest absolute Gasteiger partial charge is 0.240 e. The van der Waals surface area contributed by atoms with Crippen LogP contribution in [0.5, 0.6) is 11.5 Å². The Bertz CT molecular complexity index is 832. The molecule has 0 saturated carbocycles. The molecule has 5 nitrogen and oxygen atoms in total. The monoisotopic (exact) mass is 405 g/mol. The molecule has 0 amide bonds. The van der Waals surface area contributed by atoms with Gasteiger partial charge in [-0.25, -0.2) is 13.1 Å². The molecule has 0 saturated heterocycles. The lowest BCUT2D eigenvalue weighted by atomic mass is 10.1. The van der Waals surface area contributed by atoms with Crippen molar-refractivity contribution in [3.63, 3.8) is 0 Å². The highest BCUT2D eigenvalue weighted by Gasteiger charge is 2.13. The average molecular weight is 406 g/mol. The molecule has 0 aliphatic heterocycles. The van der Waals surface area contributed by atoms with Crippen LogP contribution in [-0.2, 0) is 22.9 Å². The minimum Gasteiger partial charge on any atom is -0.493 e. The first kappa shape index (κ1) is 22.2. The molecule has 0 spiro atoms. The molecular formula is C22H31NO4S. The van der Waals surface area contributed by atoms with Gasteiger partial charge in [-0.3, -0.25) is 0 Å². The number of benzene rings is 2.